The van der Waals surface area contributed by atoms with Crippen molar-refractivity contribution in [2.45, 2.75) is 25.8 Å². The molecule has 0 bridgehead atoms. The van der Waals surface area contributed by atoms with Crippen LogP contribution in [0.25, 0.3) is 0 Å². The first kappa shape index (κ1) is 13.6. The van der Waals surface area contributed by atoms with Crippen molar-refractivity contribution in [2.24, 2.45) is 0 Å². The maximum absolute atomic E-state index is 11.5. The number of carbonyl (C=O) groups excluding carboxylic acids is 2. The highest BCUT2D eigenvalue weighted by molar-refractivity contribution is 6.16. The Morgan fingerprint density at radius 1 is 1.41 bits per heavy atom. The molecule has 0 aliphatic rings. The Balaban J connectivity index is 2.42. The first-order valence-corrected chi connectivity index (χ1v) is 5.78. The van der Waals surface area contributed by atoms with Gasteiger partial charge in [-0.2, -0.15) is 0 Å². The fourth-order valence-corrected chi connectivity index (χ4v) is 1.34. The number of hydrogen-bond donors (Lipinski definition) is 2. The van der Waals surface area contributed by atoms with Crippen molar-refractivity contribution in [3.63, 3.8) is 0 Å². The molecule has 1 heterocycles. The first-order valence-electron chi connectivity index (χ1n) is 5.25. The summed E-state index contributed by atoms with van der Waals surface area (Å²) >= 11 is 5.54. The summed E-state index contributed by atoms with van der Waals surface area (Å²) in [6.45, 7) is 3.62. The van der Waals surface area contributed by atoms with Crippen LogP contribution in [0.2, 0.25) is 0 Å². The van der Waals surface area contributed by atoms with E-state index in [-0.39, 0.29) is 30.1 Å². The van der Waals surface area contributed by atoms with Gasteiger partial charge in [-0.1, -0.05) is 0 Å². The van der Waals surface area contributed by atoms with E-state index in [1.54, 1.807) is 6.07 Å². The van der Waals surface area contributed by atoms with Crippen LogP contribution in [0.5, 0.6) is 0 Å². The zero-order valence-corrected chi connectivity index (χ0v) is 10.5. The van der Waals surface area contributed by atoms with E-state index < -0.39 is 5.91 Å². The molecule has 0 unspecified atom stereocenters. The second-order valence-corrected chi connectivity index (χ2v) is 4.07. The van der Waals surface area contributed by atoms with E-state index in [1.165, 1.54) is 6.07 Å². The summed E-state index contributed by atoms with van der Waals surface area (Å²) in [6, 6.07) is 3.19. The van der Waals surface area contributed by atoms with Gasteiger partial charge in [0.15, 0.2) is 5.76 Å². The third kappa shape index (κ3) is 4.48. The van der Waals surface area contributed by atoms with Gasteiger partial charge < -0.3 is 15.1 Å². The molecule has 1 rings (SSSR count). The predicted octanol–water partition coefficient (Wildman–Crippen LogP) is 1.27. The van der Waals surface area contributed by atoms with Crippen LogP contribution < -0.4 is 10.6 Å². The summed E-state index contributed by atoms with van der Waals surface area (Å²) in [4.78, 5) is 22.8. The summed E-state index contributed by atoms with van der Waals surface area (Å²) in [5.74, 6) is 0.209. The van der Waals surface area contributed by atoms with E-state index >= 15 is 0 Å². The van der Waals surface area contributed by atoms with Gasteiger partial charge in [-0.3, -0.25) is 9.59 Å². The van der Waals surface area contributed by atoms with Crippen LogP contribution in [0.1, 0.15) is 30.2 Å². The monoisotopic (exact) mass is 258 g/mol. The zero-order chi connectivity index (χ0) is 12.8. The number of rotatable bonds is 5. The molecule has 0 atom stereocenters. The fourth-order valence-electron chi connectivity index (χ4n) is 1.19. The molecule has 0 aromatic carbocycles. The molecular weight excluding hydrogens is 244 g/mol. The van der Waals surface area contributed by atoms with Crippen LogP contribution >= 0.6 is 11.6 Å². The molecule has 2 N–H and O–H groups in total. The summed E-state index contributed by atoms with van der Waals surface area (Å²) in [7, 11) is 0. The number of hydrogen-bond acceptors (Lipinski definition) is 3. The SMILES string of the molecule is CC(C)NC(=O)CNC(=O)c1ccc(CCl)o1. The van der Waals surface area contributed by atoms with E-state index in [4.69, 9.17) is 16.0 Å². The summed E-state index contributed by atoms with van der Waals surface area (Å²) in [5.41, 5.74) is 0. The maximum Gasteiger partial charge on any atom is 0.287 e. The molecule has 0 spiro atoms. The zero-order valence-electron chi connectivity index (χ0n) is 9.75. The van der Waals surface area contributed by atoms with Gasteiger partial charge in [-0.05, 0) is 26.0 Å². The fraction of sp³-hybridized carbons (Fsp3) is 0.455. The van der Waals surface area contributed by atoms with Crippen molar-refractivity contribution in [3.05, 3.63) is 23.7 Å². The Kier molecular flexibility index (Phi) is 5.03. The van der Waals surface area contributed by atoms with Gasteiger partial charge in [0.2, 0.25) is 5.91 Å². The van der Waals surface area contributed by atoms with Crippen LogP contribution in [0, 0.1) is 0 Å². The minimum atomic E-state index is -0.430. The van der Waals surface area contributed by atoms with Crippen molar-refractivity contribution in [1.29, 1.82) is 0 Å². The molecule has 1 aromatic heterocycles. The van der Waals surface area contributed by atoms with Crippen molar-refractivity contribution in [3.8, 4) is 0 Å². The number of nitrogens with one attached hydrogen (secondary N) is 2. The van der Waals surface area contributed by atoms with Gasteiger partial charge in [-0.15, -0.1) is 11.6 Å². The molecule has 1 aromatic rings. The van der Waals surface area contributed by atoms with Crippen LogP contribution in [-0.2, 0) is 10.7 Å². The number of carbonyl (C=O) groups is 2. The highest BCUT2D eigenvalue weighted by Gasteiger charge is 2.12. The molecule has 6 heteroatoms. The molecule has 0 radical (unpaired) electrons. The lowest BCUT2D eigenvalue weighted by atomic mass is 10.3. The van der Waals surface area contributed by atoms with Crippen molar-refractivity contribution < 1.29 is 14.0 Å². The van der Waals surface area contributed by atoms with Crippen LogP contribution in [0.15, 0.2) is 16.5 Å². The molecule has 0 saturated carbocycles. The van der Waals surface area contributed by atoms with Gasteiger partial charge in [-0.25, -0.2) is 0 Å². The standard InChI is InChI=1S/C11H15ClN2O3/c1-7(2)14-10(15)6-13-11(16)9-4-3-8(5-12)17-9/h3-4,7H,5-6H2,1-2H3,(H,13,16)(H,14,15). The largest absolute Gasteiger partial charge is 0.455 e. The average molecular weight is 259 g/mol. The third-order valence-corrected chi connectivity index (χ3v) is 2.14. The Morgan fingerprint density at radius 3 is 2.65 bits per heavy atom. The molecule has 5 nitrogen and oxygen atoms in total. The predicted molar refractivity (Wildman–Crippen MR) is 63.9 cm³/mol. The van der Waals surface area contributed by atoms with Gasteiger partial charge >= 0.3 is 0 Å². The maximum atomic E-state index is 11.5. The Hall–Kier alpha value is -1.49. The third-order valence-electron chi connectivity index (χ3n) is 1.88. The normalized spacial score (nSPS) is 10.4. The van der Waals surface area contributed by atoms with E-state index in [2.05, 4.69) is 10.6 Å². The highest BCUT2D eigenvalue weighted by atomic mass is 35.5. The molecule has 0 aliphatic heterocycles. The molecular formula is C11H15ClN2O3. The van der Waals surface area contributed by atoms with E-state index in [9.17, 15) is 9.59 Å². The van der Waals surface area contributed by atoms with Gasteiger partial charge in [0.05, 0.1) is 12.4 Å². The Bertz CT molecular complexity index is 401. The molecule has 17 heavy (non-hydrogen) atoms. The molecule has 94 valence electrons. The van der Waals surface area contributed by atoms with Gasteiger partial charge in [0, 0.05) is 6.04 Å². The van der Waals surface area contributed by atoms with Gasteiger partial charge in [0.1, 0.15) is 5.76 Å². The van der Waals surface area contributed by atoms with E-state index in [1.807, 2.05) is 13.8 Å². The van der Waals surface area contributed by atoms with Crippen molar-refractivity contribution in [1.82, 2.24) is 10.6 Å². The Morgan fingerprint density at radius 2 is 2.12 bits per heavy atom. The number of amides is 2. The Labute approximate surface area is 105 Å². The smallest absolute Gasteiger partial charge is 0.287 e. The van der Waals surface area contributed by atoms with Crippen molar-refractivity contribution >= 4 is 23.4 Å². The summed E-state index contributed by atoms with van der Waals surface area (Å²) < 4.78 is 5.13. The first-order chi connectivity index (χ1) is 8.02. The van der Waals surface area contributed by atoms with Crippen LogP contribution in [-0.4, -0.2) is 24.4 Å². The second kappa shape index (κ2) is 6.30. The highest BCUT2D eigenvalue weighted by Crippen LogP contribution is 2.09. The minimum absolute atomic E-state index is 0.0471. The minimum Gasteiger partial charge on any atom is -0.455 e. The lowest BCUT2D eigenvalue weighted by Crippen LogP contribution is -2.39. The summed E-state index contributed by atoms with van der Waals surface area (Å²) in [5, 5.41) is 5.11. The molecule has 0 fully saturated rings. The van der Waals surface area contributed by atoms with E-state index in [0.717, 1.165) is 0 Å². The number of furan rings is 1. The quantitative estimate of drug-likeness (QED) is 0.782. The molecule has 0 aliphatic carbocycles. The van der Waals surface area contributed by atoms with Crippen molar-refractivity contribution in [2.75, 3.05) is 6.54 Å². The second-order valence-electron chi connectivity index (χ2n) is 3.80. The van der Waals surface area contributed by atoms with Crippen LogP contribution in [0.3, 0.4) is 0 Å². The topological polar surface area (TPSA) is 71.3 Å². The van der Waals surface area contributed by atoms with Crippen LogP contribution in [0.4, 0.5) is 0 Å². The van der Waals surface area contributed by atoms with E-state index in [0.29, 0.717) is 5.76 Å². The molecule has 2 amide bonds. The number of halogens is 1. The summed E-state index contributed by atoms with van der Waals surface area (Å²) in [6.07, 6.45) is 0. The lowest BCUT2D eigenvalue weighted by molar-refractivity contribution is -0.120. The lowest BCUT2D eigenvalue weighted by Gasteiger charge is -2.08. The average Bonchev–Trinajstić information content (AvgIpc) is 2.73. The molecule has 0 saturated heterocycles. The van der Waals surface area contributed by atoms with Gasteiger partial charge in [0.25, 0.3) is 5.91 Å². The number of alkyl halides is 1.